The Balaban J connectivity index is 1.56. The first kappa shape index (κ1) is 20.5. The summed E-state index contributed by atoms with van der Waals surface area (Å²) in [4.78, 5) is 0. The molecule has 0 aliphatic heterocycles. The lowest BCUT2D eigenvalue weighted by Crippen LogP contribution is -2.26. The first-order valence-corrected chi connectivity index (χ1v) is 10.3. The fourth-order valence-corrected chi connectivity index (χ4v) is 5.15. The zero-order valence-corrected chi connectivity index (χ0v) is 16.2. The van der Waals surface area contributed by atoms with Gasteiger partial charge in [-0.2, -0.15) is 0 Å². The molecule has 1 atom stereocenters. The molecular weight excluding hydrogens is 356 g/mol. The Morgan fingerprint density at radius 3 is 2.00 bits per heavy atom. The first-order chi connectivity index (χ1) is 12.7. The second kappa shape index (κ2) is 8.40. The van der Waals surface area contributed by atoms with Gasteiger partial charge in [0, 0.05) is 0 Å². The van der Waals surface area contributed by atoms with Crippen molar-refractivity contribution in [2.24, 2.45) is 23.7 Å². The van der Waals surface area contributed by atoms with Gasteiger partial charge in [0.1, 0.15) is 0 Å². The van der Waals surface area contributed by atoms with E-state index in [1.54, 1.807) is 6.07 Å². The molecule has 27 heavy (non-hydrogen) atoms. The van der Waals surface area contributed by atoms with Crippen molar-refractivity contribution in [3.05, 3.63) is 29.6 Å². The van der Waals surface area contributed by atoms with Gasteiger partial charge in [-0.15, -0.1) is 13.2 Å². The van der Waals surface area contributed by atoms with Crippen LogP contribution < -0.4 is 4.74 Å². The molecule has 0 heterocycles. The van der Waals surface area contributed by atoms with E-state index in [9.17, 15) is 17.6 Å². The molecule has 1 nitrogen and oxygen atoms in total. The number of benzene rings is 1. The van der Waals surface area contributed by atoms with E-state index in [0.29, 0.717) is 5.92 Å². The van der Waals surface area contributed by atoms with Crippen LogP contribution in [0.5, 0.6) is 5.75 Å². The summed E-state index contributed by atoms with van der Waals surface area (Å²) < 4.78 is 54.6. The van der Waals surface area contributed by atoms with Crippen molar-refractivity contribution < 1.29 is 22.3 Å². The van der Waals surface area contributed by atoms with E-state index in [1.807, 2.05) is 0 Å². The molecule has 0 amide bonds. The predicted octanol–water partition coefficient (Wildman–Crippen LogP) is 7.46. The SMILES string of the molecule is CC1CCC(C2CCC(C(C)c3ccc(OC(F)(F)F)c(F)c3)CC2)CC1. The van der Waals surface area contributed by atoms with Crippen molar-refractivity contribution in [3.63, 3.8) is 0 Å². The first-order valence-electron chi connectivity index (χ1n) is 10.3. The lowest BCUT2D eigenvalue weighted by Gasteiger charge is -2.39. The summed E-state index contributed by atoms with van der Waals surface area (Å²) in [5, 5.41) is 0. The van der Waals surface area contributed by atoms with E-state index in [-0.39, 0.29) is 5.92 Å². The Morgan fingerprint density at radius 1 is 0.926 bits per heavy atom. The van der Waals surface area contributed by atoms with Crippen molar-refractivity contribution in [2.75, 3.05) is 0 Å². The maximum Gasteiger partial charge on any atom is 0.573 e. The van der Waals surface area contributed by atoms with Gasteiger partial charge in [-0.3, -0.25) is 0 Å². The summed E-state index contributed by atoms with van der Waals surface area (Å²) in [6, 6.07) is 3.88. The molecule has 2 aliphatic rings. The molecule has 0 aromatic heterocycles. The summed E-state index contributed by atoms with van der Waals surface area (Å²) in [7, 11) is 0. The highest BCUT2D eigenvalue weighted by Gasteiger charge is 2.34. The molecule has 1 aromatic carbocycles. The van der Waals surface area contributed by atoms with Crippen molar-refractivity contribution in [2.45, 2.75) is 77.5 Å². The largest absolute Gasteiger partial charge is 0.573 e. The number of ether oxygens (including phenoxy) is 1. The fourth-order valence-electron chi connectivity index (χ4n) is 5.15. The van der Waals surface area contributed by atoms with Crippen LogP contribution in [0.3, 0.4) is 0 Å². The molecule has 5 heteroatoms. The molecule has 2 aliphatic carbocycles. The zero-order chi connectivity index (χ0) is 19.6. The quantitative estimate of drug-likeness (QED) is 0.488. The second-order valence-corrected chi connectivity index (χ2v) is 8.72. The van der Waals surface area contributed by atoms with Crippen LogP contribution in [-0.2, 0) is 0 Å². The predicted molar refractivity (Wildman–Crippen MR) is 98.1 cm³/mol. The monoisotopic (exact) mass is 386 g/mol. The van der Waals surface area contributed by atoms with Crippen molar-refractivity contribution >= 4 is 0 Å². The number of hydrogen-bond acceptors (Lipinski definition) is 1. The minimum Gasteiger partial charge on any atom is -0.403 e. The van der Waals surface area contributed by atoms with Gasteiger partial charge in [0.2, 0.25) is 0 Å². The van der Waals surface area contributed by atoms with Crippen molar-refractivity contribution in [3.8, 4) is 5.75 Å². The van der Waals surface area contributed by atoms with Crippen LogP contribution in [-0.4, -0.2) is 6.36 Å². The Labute approximate surface area is 159 Å². The number of halogens is 4. The molecule has 0 saturated heterocycles. The minimum absolute atomic E-state index is 0.145. The highest BCUT2D eigenvalue weighted by Crippen LogP contribution is 2.44. The highest BCUT2D eigenvalue weighted by molar-refractivity contribution is 5.31. The molecule has 1 aromatic rings. The van der Waals surface area contributed by atoms with E-state index in [2.05, 4.69) is 18.6 Å². The lowest BCUT2D eigenvalue weighted by molar-refractivity contribution is -0.275. The summed E-state index contributed by atoms with van der Waals surface area (Å²) in [6.07, 6.45) is 5.26. The van der Waals surface area contributed by atoms with Crippen molar-refractivity contribution in [1.82, 2.24) is 0 Å². The molecule has 0 N–H and O–H groups in total. The van der Waals surface area contributed by atoms with Crippen LogP contribution >= 0.6 is 0 Å². The molecule has 0 radical (unpaired) electrons. The maximum atomic E-state index is 14.0. The fraction of sp³-hybridized carbons (Fsp3) is 0.727. The van der Waals surface area contributed by atoms with E-state index < -0.39 is 17.9 Å². The molecule has 0 spiro atoms. The van der Waals surface area contributed by atoms with E-state index in [4.69, 9.17) is 0 Å². The molecule has 152 valence electrons. The topological polar surface area (TPSA) is 9.23 Å². The molecule has 2 saturated carbocycles. The summed E-state index contributed by atoms with van der Waals surface area (Å²) >= 11 is 0. The molecular formula is C22H30F4O. The van der Waals surface area contributed by atoms with Crippen LogP contribution in [0.1, 0.15) is 76.7 Å². The molecule has 3 rings (SSSR count). The number of hydrogen-bond donors (Lipinski definition) is 0. The summed E-state index contributed by atoms with van der Waals surface area (Å²) in [5.74, 6) is 1.48. The van der Waals surface area contributed by atoms with E-state index in [1.165, 1.54) is 44.6 Å². The standard InChI is InChI=1S/C22H30F4O/c1-14-3-5-17(6-4-14)18-9-7-16(8-10-18)15(2)19-11-12-21(20(23)13-19)27-22(24,25)26/h11-18H,3-10H2,1-2H3. The van der Waals surface area contributed by atoms with Gasteiger partial charge in [0.15, 0.2) is 11.6 Å². The number of alkyl halides is 3. The van der Waals surface area contributed by atoms with Crippen LogP contribution in [0.15, 0.2) is 18.2 Å². The van der Waals surface area contributed by atoms with Gasteiger partial charge in [-0.1, -0.05) is 32.8 Å². The third kappa shape index (κ3) is 5.39. The van der Waals surface area contributed by atoms with Crippen LogP contribution in [0, 0.1) is 29.5 Å². The maximum absolute atomic E-state index is 14.0. The average molecular weight is 386 g/mol. The Kier molecular flexibility index (Phi) is 6.37. The van der Waals surface area contributed by atoms with E-state index >= 15 is 0 Å². The zero-order valence-electron chi connectivity index (χ0n) is 16.2. The summed E-state index contributed by atoms with van der Waals surface area (Å²) in [5.41, 5.74) is 0.761. The Morgan fingerprint density at radius 2 is 1.48 bits per heavy atom. The number of rotatable bonds is 4. The normalized spacial score (nSPS) is 30.7. The Hall–Kier alpha value is -1.26. The van der Waals surface area contributed by atoms with Crippen molar-refractivity contribution in [1.29, 1.82) is 0 Å². The van der Waals surface area contributed by atoms with Gasteiger partial charge in [-0.05, 0) is 85.8 Å². The third-order valence-corrected chi connectivity index (χ3v) is 6.96. The van der Waals surface area contributed by atoms with Gasteiger partial charge >= 0.3 is 6.36 Å². The van der Waals surface area contributed by atoms with Crippen LogP contribution in [0.25, 0.3) is 0 Å². The Bertz CT molecular complexity index is 611. The lowest BCUT2D eigenvalue weighted by atomic mass is 9.67. The van der Waals surface area contributed by atoms with Crippen LogP contribution in [0.4, 0.5) is 17.6 Å². The van der Waals surface area contributed by atoms with Gasteiger partial charge < -0.3 is 4.74 Å². The average Bonchev–Trinajstić information content (AvgIpc) is 2.62. The highest BCUT2D eigenvalue weighted by atomic mass is 19.4. The minimum atomic E-state index is -4.87. The van der Waals surface area contributed by atoms with Gasteiger partial charge in [0.25, 0.3) is 0 Å². The smallest absolute Gasteiger partial charge is 0.403 e. The van der Waals surface area contributed by atoms with E-state index in [0.717, 1.165) is 42.2 Å². The summed E-state index contributed by atoms with van der Waals surface area (Å²) in [6.45, 7) is 4.41. The molecule has 1 unspecified atom stereocenters. The van der Waals surface area contributed by atoms with Gasteiger partial charge in [0.05, 0.1) is 0 Å². The molecule has 2 fully saturated rings. The van der Waals surface area contributed by atoms with Crippen LogP contribution in [0.2, 0.25) is 0 Å². The van der Waals surface area contributed by atoms with Gasteiger partial charge in [-0.25, -0.2) is 4.39 Å². The second-order valence-electron chi connectivity index (χ2n) is 8.72. The molecule has 0 bridgehead atoms. The third-order valence-electron chi connectivity index (χ3n) is 6.96.